The number of ether oxygens (including phenoxy) is 1. The van der Waals surface area contributed by atoms with Gasteiger partial charge < -0.3 is 9.84 Å². The molecule has 0 fully saturated rings. The van der Waals surface area contributed by atoms with Crippen molar-refractivity contribution in [2.75, 3.05) is 6.61 Å². The number of benzene rings is 1. The minimum absolute atomic E-state index is 0.245. The Morgan fingerprint density at radius 3 is 2.73 bits per heavy atom. The van der Waals surface area contributed by atoms with Crippen LogP contribution in [-0.4, -0.2) is 38.3 Å². The van der Waals surface area contributed by atoms with E-state index in [2.05, 4.69) is 20.6 Å². The lowest BCUT2D eigenvalue weighted by molar-refractivity contribution is -0.139. The van der Waals surface area contributed by atoms with Crippen LogP contribution in [0.3, 0.4) is 0 Å². The minimum Gasteiger partial charge on any atom is -0.479 e. The number of halogens is 1. The Kier molecular flexibility index (Phi) is 4.03. The average Bonchev–Trinajstić information content (AvgIpc) is 3.14. The average molecular weight is 337 g/mol. The van der Waals surface area contributed by atoms with Crippen molar-refractivity contribution >= 4 is 28.9 Å². The standard InChI is InChI=1S/C13H9ClN4O3S/c14-9-10(21-6-8(19)20)12(13-15-17-18-16-13)22-11(9)7-4-2-1-3-5-7/h1-5H,6H2,(H,19,20)(H,15,16,17,18). The lowest BCUT2D eigenvalue weighted by Crippen LogP contribution is -2.09. The maximum Gasteiger partial charge on any atom is 0.341 e. The number of nitrogens with one attached hydrogen (secondary N) is 1. The molecule has 0 amide bonds. The molecule has 0 radical (unpaired) electrons. The second-order valence-electron chi connectivity index (χ2n) is 4.19. The number of tetrazole rings is 1. The van der Waals surface area contributed by atoms with Crippen molar-refractivity contribution < 1.29 is 14.6 Å². The van der Waals surface area contributed by atoms with Gasteiger partial charge in [0.05, 0.1) is 4.88 Å². The SMILES string of the molecule is O=C(O)COc1c(-c2nn[nH]n2)sc(-c2ccccc2)c1Cl. The molecule has 7 nitrogen and oxygen atoms in total. The first-order valence-electron chi connectivity index (χ1n) is 6.13. The van der Waals surface area contributed by atoms with Gasteiger partial charge in [-0.1, -0.05) is 41.9 Å². The summed E-state index contributed by atoms with van der Waals surface area (Å²) in [6.07, 6.45) is 0. The molecule has 0 saturated carbocycles. The Labute approximate surface area is 133 Å². The number of hydrogen-bond acceptors (Lipinski definition) is 6. The van der Waals surface area contributed by atoms with Gasteiger partial charge in [-0.05, 0) is 10.8 Å². The normalized spacial score (nSPS) is 10.6. The van der Waals surface area contributed by atoms with Crippen LogP contribution in [-0.2, 0) is 4.79 Å². The zero-order valence-electron chi connectivity index (χ0n) is 11.0. The van der Waals surface area contributed by atoms with Crippen molar-refractivity contribution in [2.24, 2.45) is 0 Å². The molecular formula is C13H9ClN4O3S. The van der Waals surface area contributed by atoms with Crippen molar-refractivity contribution in [1.82, 2.24) is 20.6 Å². The highest BCUT2D eigenvalue weighted by Crippen LogP contribution is 2.49. The molecule has 112 valence electrons. The summed E-state index contributed by atoms with van der Waals surface area (Å²) in [5.41, 5.74) is 0.896. The fourth-order valence-electron chi connectivity index (χ4n) is 1.84. The molecule has 0 spiro atoms. The maximum absolute atomic E-state index is 10.7. The van der Waals surface area contributed by atoms with Gasteiger partial charge in [0.1, 0.15) is 9.90 Å². The highest BCUT2D eigenvalue weighted by molar-refractivity contribution is 7.20. The number of thiophene rings is 1. The van der Waals surface area contributed by atoms with E-state index in [1.54, 1.807) is 0 Å². The van der Waals surface area contributed by atoms with Crippen LogP contribution < -0.4 is 4.74 Å². The van der Waals surface area contributed by atoms with Gasteiger partial charge in [-0.3, -0.25) is 0 Å². The highest BCUT2D eigenvalue weighted by atomic mass is 35.5. The number of rotatable bonds is 5. The summed E-state index contributed by atoms with van der Waals surface area (Å²) in [4.78, 5) is 12.0. The van der Waals surface area contributed by atoms with E-state index in [-0.39, 0.29) is 5.75 Å². The summed E-state index contributed by atoms with van der Waals surface area (Å²) in [5.74, 6) is -0.550. The molecular weight excluding hydrogens is 328 g/mol. The van der Waals surface area contributed by atoms with E-state index in [1.165, 1.54) is 11.3 Å². The first-order valence-corrected chi connectivity index (χ1v) is 7.32. The summed E-state index contributed by atoms with van der Waals surface area (Å²) in [7, 11) is 0. The van der Waals surface area contributed by atoms with Gasteiger partial charge in [-0.2, -0.15) is 5.21 Å². The lowest BCUT2D eigenvalue weighted by Gasteiger charge is -2.03. The summed E-state index contributed by atoms with van der Waals surface area (Å²) in [6.45, 7) is -0.504. The largest absolute Gasteiger partial charge is 0.479 e. The third-order valence-electron chi connectivity index (χ3n) is 2.73. The molecule has 0 aliphatic rings. The van der Waals surface area contributed by atoms with Crippen molar-refractivity contribution in [3.05, 3.63) is 35.4 Å². The zero-order chi connectivity index (χ0) is 15.5. The van der Waals surface area contributed by atoms with E-state index in [9.17, 15) is 4.79 Å². The number of carboxylic acids is 1. The van der Waals surface area contributed by atoms with Gasteiger partial charge >= 0.3 is 5.97 Å². The molecule has 2 N–H and O–H groups in total. The van der Waals surface area contributed by atoms with E-state index in [0.717, 1.165) is 10.4 Å². The molecule has 0 aliphatic heterocycles. The van der Waals surface area contributed by atoms with Crippen molar-refractivity contribution in [3.63, 3.8) is 0 Å². The zero-order valence-corrected chi connectivity index (χ0v) is 12.6. The van der Waals surface area contributed by atoms with Crippen LogP contribution in [0.2, 0.25) is 5.02 Å². The van der Waals surface area contributed by atoms with Crippen LogP contribution in [0.4, 0.5) is 0 Å². The third kappa shape index (κ3) is 2.78. The Bertz CT molecular complexity index is 789. The number of carboxylic acid groups (broad SMARTS) is 1. The number of aromatic amines is 1. The topological polar surface area (TPSA) is 101 Å². The predicted molar refractivity (Wildman–Crippen MR) is 81.1 cm³/mol. The third-order valence-corrected chi connectivity index (χ3v) is 4.42. The number of carbonyl (C=O) groups is 1. The molecule has 22 heavy (non-hydrogen) atoms. The van der Waals surface area contributed by atoms with Crippen LogP contribution >= 0.6 is 22.9 Å². The number of H-pyrrole nitrogens is 1. The Hall–Kier alpha value is -2.45. The van der Waals surface area contributed by atoms with Crippen LogP contribution in [0.5, 0.6) is 5.75 Å². The molecule has 1 aromatic carbocycles. The quantitative estimate of drug-likeness (QED) is 0.743. The van der Waals surface area contributed by atoms with Gasteiger partial charge in [-0.25, -0.2) is 4.79 Å². The first kappa shape index (κ1) is 14.5. The lowest BCUT2D eigenvalue weighted by atomic mass is 10.2. The minimum atomic E-state index is -1.09. The number of aromatic nitrogens is 4. The van der Waals surface area contributed by atoms with E-state index < -0.39 is 12.6 Å². The summed E-state index contributed by atoms with van der Waals surface area (Å²) >= 11 is 7.68. The Morgan fingerprint density at radius 1 is 1.32 bits per heavy atom. The molecule has 2 heterocycles. The summed E-state index contributed by atoms with van der Waals surface area (Å²) in [6, 6.07) is 9.47. The smallest absolute Gasteiger partial charge is 0.341 e. The molecule has 9 heteroatoms. The molecule has 0 bridgehead atoms. The van der Waals surface area contributed by atoms with E-state index in [4.69, 9.17) is 21.4 Å². The molecule has 0 atom stereocenters. The Morgan fingerprint density at radius 2 is 2.09 bits per heavy atom. The van der Waals surface area contributed by atoms with Crippen LogP contribution in [0.25, 0.3) is 21.1 Å². The maximum atomic E-state index is 10.7. The van der Waals surface area contributed by atoms with Crippen LogP contribution in [0, 0.1) is 0 Å². The van der Waals surface area contributed by atoms with Crippen molar-refractivity contribution in [3.8, 4) is 26.9 Å². The molecule has 2 aromatic heterocycles. The molecule has 3 aromatic rings. The molecule has 0 aliphatic carbocycles. The molecule has 3 rings (SSSR count). The molecule has 0 saturated heterocycles. The second kappa shape index (κ2) is 6.12. The number of nitrogens with zero attached hydrogens (tertiary/aromatic N) is 3. The Balaban J connectivity index is 2.10. The van der Waals surface area contributed by atoms with Gasteiger partial charge in [0.25, 0.3) is 0 Å². The predicted octanol–water partition coefficient (Wildman–Crippen LogP) is 2.71. The van der Waals surface area contributed by atoms with Gasteiger partial charge in [0.15, 0.2) is 12.4 Å². The summed E-state index contributed by atoms with van der Waals surface area (Å²) < 4.78 is 5.31. The van der Waals surface area contributed by atoms with Crippen LogP contribution in [0.15, 0.2) is 30.3 Å². The monoisotopic (exact) mass is 336 g/mol. The van der Waals surface area contributed by atoms with Crippen LogP contribution in [0.1, 0.15) is 0 Å². The number of hydrogen-bond donors (Lipinski definition) is 2. The van der Waals surface area contributed by atoms with E-state index in [0.29, 0.717) is 15.7 Å². The van der Waals surface area contributed by atoms with Gasteiger partial charge in [0.2, 0.25) is 5.82 Å². The number of aliphatic carboxylic acids is 1. The fraction of sp³-hybridized carbons (Fsp3) is 0.0769. The summed E-state index contributed by atoms with van der Waals surface area (Å²) in [5, 5.41) is 22.8. The molecule has 0 unspecified atom stereocenters. The van der Waals surface area contributed by atoms with Crippen molar-refractivity contribution in [1.29, 1.82) is 0 Å². The second-order valence-corrected chi connectivity index (χ2v) is 5.59. The van der Waals surface area contributed by atoms with Crippen molar-refractivity contribution in [2.45, 2.75) is 0 Å². The van der Waals surface area contributed by atoms with Gasteiger partial charge in [0, 0.05) is 0 Å². The van der Waals surface area contributed by atoms with Gasteiger partial charge in [-0.15, -0.1) is 21.5 Å². The first-order chi connectivity index (χ1) is 10.7. The van der Waals surface area contributed by atoms with E-state index in [1.807, 2.05) is 30.3 Å². The fourth-order valence-corrected chi connectivity index (χ4v) is 3.34. The highest BCUT2D eigenvalue weighted by Gasteiger charge is 2.23. The van der Waals surface area contributed by atoms with E-state index >= 15 is 0 Å².